The van der Waals surface area contributed by atoms with Gasteiger partial charge in [0.2, 0.25) is 0 Å². The standard InChI is InChI=1S/C8H15O11P/c9-2-4(11)5-6(19-20(15,16)17)3(10)1-8(14,18-5)7(12)13/h3-6,9-11,14H,1-2H2,(H,12,13)(H2,15,16,17)/t3-,4?,5-,6-,8+/m1/s1. The van der Waals surface area contributed by atoms with Crippen LogP contribution in [0.25, 0.3) is 0 Å². The third-order valence-corrected chi connectivity index (χ3v) is 3.20. The molecule has 118 valence electrons. The number of carboxylic acid groups (broad SMARTS) is 1. The van der Waals surface area contributed by atoms with Crippen LogP contribution in [0, 0.1) is 0 Å². The van der Waals surface area contributed by atoms with Crippen molar-refractivity contribution in [3.63, 3.8) is 0 Å². The van der Waals surface area contributed by atoms with Crippen molar-refractivity contribution in [1.29, 1.82) is 0 Å². The van der Waals surface area contributed by atoms with Crippen molar-refractivity contribution in [3.05, 3.63) is 0 Å². The molecule has 1 unspecified atom stereocenters. The van der Waals surface area contributed by atoms with Gasteiger partial charge in [0, 0.05) is 6.42 Å². The summed E-state index contributed by atoms with van der Waals surface area (Å²) < 4.78 is 19.6. The van der Waals surface area contributed by atoms with Crippen molar-refractivity contribution in [2.24, 2.45) is 0 Å². The SMILES string of the molecule is O=C(O)[C@]1(O)C[C@@H](O)[C@@H](OP(=O)(O)O)[C@@H](C(O)CO)O1. The largest absolute Gasteiger partial charge is 0.477 e. The van der Waals surface area contributed by atoms with Gasteiger partial charge in [0.15, 0.2) is 0 Å². The normalized spacial score (nSPS) is 36.6. The molecule has 1 heterocycles. The van der Waals surface area contributed by atoms with Gasteiger partial charge >= 0.3 is 13.8 Å². The molecule has 1 fully saturated rings. The maximum absolute atomic E-state index is 10.8. The van der Waals surface area contributed by atoms with Crippen LogP contribution < -0.4 is 0 Å². The number of aliphatic carboxylic acids is 1. The first-order chi connectivity index (χ1) is 9.00. The Kier molecular flexibility index (Phi) is 5.24. The molecule has 0 amide bonds. The van der Waals surface area contributed by atoms with Gasteiger partial charge in [0.25, 0.3) is 5.79 Å². The third kappa shape index (κ3) is 3.95. The summed E-state index contributed by atoms with van der Waals surface area (Å²) >= 11 is 0. The fraction of sp³-hybridized carbons (Fsp3) is 0.875. The minimum Gasteiger partial charge on any atom is -0.477 e. The van der Waals surface area contributed by atoms with Crippen LogP contribution in [0.3, 0.4) is 0 Å². The van der Waals surface area contributed by atoms with Crippen molar-refractivity contribution in [3.8, 4) is 0 Å². The molecule has 7 N–H and O–H groups in total. The summed E-state index contributed by atoms with van der Waals surface area (Å²) in [6, 6.07) is 0. The van der Waals surface area contributed by atoms with Crippen LogP contribution in [-0.4, -0.2) is 78.1 Å². The van der Waals surface area contributed by atoms with E-state index < -0.39 is 57.0 Å². The lowest BCUT2D eigenvalue weighted by molar-refractivity contribution is -0.306. The van der Waals surface area contributed by atoms with Crippen LogP contribution >= 0.6 is 7.82 Å². The molecule has 1 aliphatic rings. The Morgan fingerprint density at radius 3 is 2.45 bits per heavy atom. The van der Waals surface area contributed by atoms with Crippen molar-refractivity contribution >= 4 is 13.8 Å². The fourth-order valence-electron chi connectivity index (χ4n) is 1.79. The number of aliphatic hydroxyl groups is 4. The molecule has 1 rings (SSSR count). The average Bonchev–Trinajstić information content (AvgIpc) is 2.30. The molecule has 0 aromatic heterocycles. The molecule has 12 heteroatoms. The first kappa shape index (κ1) is 17.4. The molecule has 5 atom stereocenters. The molecular weight excluding hydrogens is 303 g/mol. The second-order valence-electron chi connectivity index (χ2n) is 4.25. The topological polar surface area (TPSA) is 194 Å². The molecule has 1 aliphatic heterocycles. The Morgan fingerprint density at radius 1 is 1.50 bits per heavy atom. The van der Waals surface area contributed by atoms with Crippen molar-refractivity contribution in [2.45, 2.75) is 36.6 Å². The Morgan fingerprint density at radius 2 is 2.05 bits per heavy atom. The van der Waals surface area contributed by atoms with E-state index in [1.165, 1.54) is 0 Å². The molecule has 0 spiro atoms. The highest BCUT2D eigenvalue weighted by atomic mass is 31.2. The molecule has 11 nitrogen and oxygen atoms in total. The Labute approximate surface area is 112 Å². The van der Waals surface area contributed by atoms with E-state index in [4.69, 9.17) is 20.0 Å². The van der Waals surface area contributed by atoms with E-state index in [0.717, 1.165) is 0 Å². The number of hydrogen-bond acceptors (Lipinski definition) is 8. The summed E-state index contributed by atoms with van der Waals surface area (Å²) in [6.45, 7) is -0.978. The highest BCUT2D eigenvalue weighted by Gasteiger charge is 2.54. The van der Waals surface area contributed by atoms with Crippen LogP contribution in [0.5, 0.6) is 0 Å². The first-order valence-electron chi connectivity index (χ1n) is 5.34. The van der Waals surface area contributed by atoms with Gasteiger partial charge in [-0.05, 0) is 0 Å². The first-order valence-corrected chi connectivity index (χ1v) is 6.87. The quantitative estimate of drug-likeness (QED) is 0.251. The lowest BCUT2D eigenvalue weighted by Gasteiger charge is -2.43. The van der Waals surface area contributed by atoms with E-state index in [1.807, 2.05) is 0 Å². The Balaban J connectivity index is 3.05. The summed E-state index contributed by atoms with van der Waals surface area (Å²) in [7, 11) is -5.09. The zero-order valence-electron chi connectivity index (χ0n) is 9.93. The lowest BCUT2D eigenvalue weighted by atomic mass is 9.93. The number of hydrogen-bond donors (Lipinski definition) is 7. The molecule has 0 saturated carbocycles. The van der Waals surface area contributed by atoms with Gasteiger partial charge in [-0.25, -0.2) is 9.36 Å². The molecule has 0 aromatic carbocycles. The summed E-state index contributed by atoms with van der Waals surface area (Å²) in [5.74, 6) is -4.75. The molecule has 0 bridgehead atoms. The van der Waals surface area contributed by atoms with E-state index in [0.29, 0.717) is 0 Å². The summed E-state index contributed by atoms with van der Waals surface area (Å²) in [6.07, 6.45) is -8.34. The molecule has 0 radical (unpaired) electrons. The number of ether oxygens (including phenoxy) is 1. The van der Waals surface area contributed by atoms with Gasteiger partial charge in [-0.15, -0.1) is 0 Å². The van der Waals surface area contributed by atoms with E-state index >= 15 is 0 Å². The van der Waals surface area contributed by atoms with E-state index in [1.54, 1.807) is 0 Å². The maximum Gasteiger partial charge on any atom is 0.470 e. The average molecular weight is 318 g/mol. The zero-order chi connectivity index (χ0) is 15.7. The van der Waals surface area contributed by atoms with Gasteiger partial charge in [-0.1, -0.05) is 0 Å². The minimum atomic E-state index is -5.09. The zero-order valence-corrected chi connectivity index (χ0v) is 10.8. The molecule has 1 saturated heterocycles. The van der Waals surface area contributed by atoms with Gasteiger partial charge in [-0.3, -0.25) is 4.52 Å². The molecular formula is C8H15O11P. The summed E-state index contributed by atoms with van der Waals surface area (Å²) in [5.41, 5.74) is 0. The Bertz CT molecular complexity index is 407. The van der Waals surface area contributed by atoms with Gasteiger partial charge in [-0.2, -0.15) is 0 Å². The second-order valence-corrected chi connectivity index (χ2v) is 5.45. The van der Waals surface area contributed by atoms with Gasteiger partial charge in [0.05, 0.1) is 12.7 Å². The molecule has 20 heavy (non-hydrogen) atoms. The van der Waals surface area contributed by atoms with Gasteiger partial charge < -0.3 is 40.1 Å². The van der Waals surface area contributed by atoms with E-state index in [9.17, 15) is 24.7 Å². The lowest BCUT2D eigenvalue weighted by Crippen LogP contribution is -2.62. The number of phosphoric ester groups is 1. The predicted octanol–water partition coefficient (Wildman–Crippen LogP) is -3.26. The van der Waals surface area contributed by atoms with Crippen LogP contribution in [0.2, 0.25) is 0 Å². The van der Waals surface area contributed by atoms with Crippen LogP contribution in [0.4, 0.5) is 0 Å². The van der Waals surface area contributed by atoms with Crippen molar-refractivity contribution in [2.75, 3.05) is 6.61 Å². The number of rotatable bonds is 5. The second kappa shape index (κ2) is 6.02. The molecule has 0 aliphatic carbocycles. The van der Waals surface area contributed by atoms with Crippen LogP contribution in [0.1, 0.15) is 6.42 Å². The fourth-order valence-corrected chi connectivity index (χ4v) is 2.36. The van der Waals surface area contributed by atoms with E-state index in [-0.39, 0.29) is 0 Å². The maximum atomic E-state index is 10.8. The van der Waals surface area contributed by atoms with Gasteiger partial charge in [0.1, 0.15) is 18.3 Å². The third-order valence-electron chi connectivity index (χ3n) is 2.68. The highest BCUT2D eigenvalue weighted by Crippen LogP contribution is 2.43. The molecule has 0 aromatic rings. The highest BCUT2D eigenvalue weighted by molar-refractivity contribution is 7.46. The van der Waals surface area contributed by atoms with Crippen molar-refractivity contribution in [1.82, 2.24) is 0 Å². The van der Waals surface area contributed by atoms with Crippen LogP contribution in [-0.2, 0) is 18.6 Å². The minimum absolute atomic E-state index is 0.943. The number of carboxylic acids is 1. The van der Waals surface area contributed by atoms with Crippen LogP contribution in [0.15, 0.2) is 0 Å². The number of aliphatic hydroxyl groups excluding tert-OH is 3. The van der Waals surface area contributed by atoms with Crippen molar-refractivity contribution < 1.29 is 53.9 Å². The smallest absolute Gasteiger partial charge is 0.470 e. The summed E-state index contributed by atoms with van der Waals surface area (Å²) in [5, 5.41) is 46.3. The van der Waals surface area contributed by atoms with E-state index in [2.05, 4.69) is 9.26 Å². The monoisotopic (exact) mass is 318 g/mol. The number of phosphoric acid groups is 1. The predicted molar refractivity (Wildman–Crippen MR) is 58.1 cm³/mol. The summed E-state index contributed by atoms with van der Waals surface area (Å²) in [4.78, 5) is 28.2. The number of carbonyl (C=O) groups is 1. The Hall–Kier alpha value is -0.620.